The summed E-state index contributed by atoms with van der Waals surface area (Å²) in [5, 5.41) is 0. The van der Waals surface area contributed by atoms with Gasteiger partial charge in [-0.15, -0.1) is 0 Å². The predicted octanol–water partition coefficient (Wildman–Crippen LogP) is 2.95. The second-order valence-electron chi connectivity index (χ2n) is 5.55. The van der Waals surface area contributed by atoms with Crippen molar-refractivity contribution < 1.29 is 9.53 Å². The van der Waals surface area contributed by atoms with Gasteiger partial charge in [0.1, 0.15) is 11.6 Å². The first-order chi connectivity index (χ1) is 8.99. The quantitative estimate of drug-likeness (QED) is 0.898. The van der Waals surface area contributed by atoms with Crippen molar-refractivity contribution in [2.45, 2.75) is 20.3 Å². The minimum atomic E-state index is -0.158. The highest BCUT2D eigenvalue weighted by Crippen LogP contribution is 2.41. The second-order valence-corrected chi connectivity index (χ2v) is 5.55. The van der Waals surface area contributed by atoms with Gasteiger partial charge in [-0.1, -0.05) is 13.8 Å². The van der Waals surface area contributed by atoms with Crippen molar-refractivity contribution in [3.8, 4) is 5.75 Å². The third-order valence-electron chi connectivity index (χ3n) is 3.59. The van der Waals surface area contributed by atoms with Crippen molar-refractivity contribution >= 4 is 22.4 Å². The molecule has 1 aliphatic rings. The van der Waals surface area contributed by atoms with Gasteiger partial charge in [0.25, 0.3) is 0 Å². The molecule has 0 bridgehead atoms. The van der Waals surface area contributed by atoms with Crippen molar-refractivity contribution in [1.82, 2.24) is 9.97 Å². The number of H-pyrrole nitrogens is 1. The minimum absolute atomic E-state index is 0.158. The molecule has 1 heterocycles. The van der Waals surface area contributed by atoms with Crippen molar-refractivity contribution in [3.05, 3.63) is 30.1 Å². The summed E-state index contributed by atoms with van der Waals surface area (Å²) in [5.74, 6) is 1.73. The summed E-state index contributed by atoms with van der Waals surface area (Å²) in [7, 11) is 1.64. The van der Waals surface area contributed by atoms with Crippen LogP contribution >= 0.6 is 0 Å². The lowest BCUT2D eigenvalue weighted by atomic mass is 9.85. The molecule has 1 N–H and O–H groups in total. The Kier molecular flexibility index (Phi) is 2.49. The number of aromatic nitrogens is 2. The average Bonchev–Trinajstić information content (AvgIpc) is 2.87. The molecule has 0 amide bonds. The van der Waals surface area contributed by atoms with Crippen molar-refractivity contribution in [2.75, 3.05) is 7.11 Å². The average molecular weight is 256 g/mol. The van der Waals surface area contributed by atoms with Gasteiger partial charge < -0.3 is 9.72 Å². The van der Waals surface area contributed by atoms with E-state index in [1.54, 1.807) is 13.2 Å². The highest BCUT2D eigenvalue weighted by molar-refractivity contribution is 6.03. The first-order valence-electron chi connectivity index (χ1n) is 6.29. The Hall–Kier alpha value is -2.10. The second kappa shape index (κ2) is 3.95. The maximum absolute atomic E-state index is 11.6. The molecule has 0 saturated carbocycles. The highest BCUT2D eigenvalue weighted by Gasteiger charge is 2.34. The van der Waals surface area contributed by atoms with Crippen LogP contribution in [0.5, 0.6) is 5.75 Å². The molecule has 4 heteroatoms. The summed E-state index contributed by atoms with van der Waals surface area (Å²) in [5.41, 5.74) is 2.62. The van der Waals surface area contributed by atoms with E-state index in [2.05, 4.69) is 23.8 Å². The van der Waals surface area contributed by atoms with Crippen molar-refractivity contribution in [1.29, 1.82) is 0 Å². The van der Waals surface area contributed by atoms with Crippen molar-refractivity contribution in [3.63, 3.8) is 0 Å². The highest BCUT2D eigenvalue weighted by atomic mass is 16.5. The normalized spacial score (nSPS) is 17.8. The van der Waals surface area contributed by atoms with Gasteiger partial charge in [-0.05, 0) is 18.2 Å². The van der Waals surface area contributed by atoms with Gasteiger partial charge in [0.05, 0.1) is 18.1 Å². The molecule has 1 aliphatic carbocycles. The number of hydrogen-bond acceptors (Lipinski definition) is 3. The first-order valence-corrected chi connectivity index (χ1v) is 6.29. The van der Waals surface area contributed by atoms with E-state index < -0.39 is 0 Å². The van der Waals surface area contributed by atoms with E-state index in [0.29, 0.717) is 6.42 Å². The van der Waals surface area contributed by atoms with Crippen LogP contribution in [0.4, 0.5) is 0 Å². The van der Waals surface area contributed by atoms with E-state index in [4.69, 9.17) is 4.74 Å². The molecule has 0 saturated heterocycles. The van der Waals surface area contributed by atoms with Crippen LogP contribution < -0.4 is 4.74 Å². The maximum atomic E-state index is 11.6. The van der Waals surface area contributed by atoms with Gasteiger partial charge >= 0.3 is 0 Å². The molecule has 0 atom stereocenters. The number of carbonyl (C=O) groups is 1. The monoisotopic (exact) mass is 256 g/mol. The molecular weight excluding hydrogens is 240 g/mol. The number of rotatable bonds is 2. The first kappa shape index (κ1) is 12.0. The van der Waals surface area contributed by atoms with E-state index >= 15 is 0 Å². The summed E-state index contributed by atoms with van der Waals surface area (Å²) >= 11 is 0. The van der Waals surface area contributed by atoms with Crippen LogP contribution in [0.15, 0.2) is 24.3 Å². The fourth-order valence-corrected chi connectivity index (χ4v) is 2.57. The van der Waals surface area contributed by atoms with Crippen LogP contribution in [0.25, 0.3) is 16.6 Å². The van der Waals surface area contributed by atoms with E-state index in [9.17, 15) is 4.79 Å². The van der Waals surface area contributed by atoms with Crippen LogP contribution in [-0.2, 0) is 4.79 Å². The zero-order valence-corrected chi connectivity index (χ0v) is 11.3. The SMILES string of the molecule is COc1ccc2nc(C3=CC(=O)CC3(C)C)[nH]c2c1. The number of allylic oxidation sites excluding steroid dienone is 2. The Morgan fingerprint density at radius 3 is 2.79 bits per heavy atom. The largest absolute Gasteiger partial charge is 0.497 e. The predicted molar refractivity (Wildman–Crippen MR) is 74.0 cm³/mol. The van der Waals surface area contributed by atoms with Crippen LogP contribution in [0.2, 0.25) is 0 Å². The van der Waals surface area contributed by atoms with Crippen LogP contribution in [0.3, 0.4) is 0 Å². The molecule has 4 nitrogen and oxygen atoms in total. The standard InChI is InChI=1S/C15H16N2O2/c1-15(2)8-9(18)6-11(15)14-16-12-5-4-10(19-3)7-13(12)17-14/h4-7H,8H2,1-3H3,(H,16,17). The number of fused-ring (bicyclic) bond motifs is 1. The molecule has 3 rings (SSSR count). The summed E-state index contributed by atoms with van der Waals surface area (Å²) in [4.78, 5) is 19.5. The molecule has 19 heavy (non-hydrogen) atoms. The number of benzene rings is 1. The number of nitrogens with one attached hydrogen (secondary N) is 1. The van der Waals surface area contributed by atoms with E-state index in [1.807, 2.05) is 18.2 Å². The maximum Gasteiger partial charge on any atom is 0.156 e. The summed E-state index contributed by atoms with van der Waals surface area (Å²) in [6.07, 6.45) is 2.25. The lowest BCUT2D eigenvalue weighted by molar-refractivity contribution is -0.114. The number of imidazole rings is 1. The lowest BCUT2D eigenvalue weighted by Gasteiger charge is -2.19. The zero-order chi connectivity index (χ0) is 13.6. The Morgan fingerprint density at radius 1 is 1.37 bits per heavy atom. The third-order valence-corrected chi connectivity index (χ3v) is 3.59. The number of ether oxygens (including phenoxy) is 1. The Bertz CT molecular complexity index is 695. The van der Waals surface area contributed by atoms with Crippen LogP contribution in [0.1, 0.15) is 26.1 Å². The van der Waals surface area contributed by atoms with Gasteiger partial charge in [-0.25, -0.2) is 4.98 Å². The number of ketones is 1. The summed E-state index contributed by atoms with van der Waals surface area (Å²) < 4.78 is 5.20. The molecule has 1 aromatic heterocycles. The molecule has 98 valence electrons. The Morgan fingerprint density at radius 2 is 2.16 bits per heavy atom. The fourth-order valence-electron chi connectivity index (χ4n) is 2.57. The number of methoxy groups -OCH3 is 1. The van der Waals surface area contributed by atoms with Crippen LogP contribution in [0, 0.1) is 5.41 Å². The van der Waals surface area contributed by atoms with Gasteiger partial charge in [0.2, 0.25) is 0 Å². The minimum Gasteiger partial charge on any atom is -0.497 e. The molecule has 2 aromatic rings. The molecule has 0 radical (unpaired) electrons. The number of aromatic amines is 1. The topological polar surface area (TPSA) is 55.0 Å². The van der Waals surface area contributed by atoms with E-state index in [1.165, 1.54) is 0 Å². The van der Waals surface area contributed by atoms with Gasteiger partial charge in [-0.3, -0.25) is 4.79 Å². The smallest absolute Gasteiger partial charge is 0.156 e. The molecule has 1 aromatic carbocycles. The Labute approximate surface area is 111 Å². The third kappa shape index (κ3) is 1.93. The van der Waals surface area contributed by atoms with E-state index in [0.717, 1.165) is 28.2 Å². The molecule has 0 spiro atoms. The summed E-state index contributed by atoms with van der Waals surface area (Å²) in [6.45, 7) is 4.13. The summed E-state index contributed by atoms with van der Waals surface area (Å²) in [6, 6.07) is 5.71. The fraction of sp³-hybridized carbons (Fsp3) is 0.333. The van der Waals surface area contributed by atoms with Crippen LogP contribution in [-0.4, -0.2) is 22.9 Å². The molecular formula is C15H16N2O2. The van der Waals surface area contributed by atoms with Gasteiger partial charge in [0.15, 0.2) is 5.78 Å². The van der Waals surface area contributed by atoms with Crippen molar-refractivity contribution in [2.24, 2.45) is 5.41 Å². The number of carbonyl (C=O) groups excluding carboxylic acids is 1. The number of nitrogens with zero attached hydrogens (tertiary/aromatic N) is 1. The van der Waals surface area contributed by atoms with E-state index in [-0.39, 0.29) is 11.2 Å². The lowest BCUT2D eigenvalue weighted by Crippen LogP contribution is -2.11. The number of hydrogen-bond donors (Lipinski definition) is 1. The molecule has 0 unspecified atom stereocenters. The molecule has 0 fully saturated rings. The molecule has 0 aliphatic heterocycles. The van der Waals surface area contributed by atoms with Gasteiger partial charge in [0, 0.05) is 23.5 Å². The van der Waals surface area contributed by atoms with Gasteiger partial charge in [-0.2, -0.15) is 0 Å². The zero-order valence-electron chi connectivity index (χ0n) is 11.3. The Balaban J connectivity index is 2.11.